The van der Waals surface area contributed by atoms with Crippen LogP contribution in [0.2, 0.25) is 0 Å². The Balaban J connectivity index is 1.92. The molecule has 0 bridgehead atoms. The van der Waals surface area contributed by atoms with Crippen molar-refractivity contribution in [1.82, 2.24) is 14.8 Å². The van der Waals surface area contributed by atoms with Crippen molar-refractivity contribution in [3.8, 4) is 0 Å². The first-order valence-corrected chi connectivity index (χ1v) is 6.15. The second-order valence-corrected chi connectivity index (χ2v) is 4.86. The zero-order valence-electron chi connectivity index (χ0n) is 9.37. The predicted octanol–water partition coefficient (Wildman–Crippen LogP) is 3.20. The first-order valence-electron chi connectivity index (χ1n) is 5.33. The number of hydrogen-bond acceptors (Lipinski definition) is 3. The van der Waals surface area contributed by atoms with Gasteiger partial charge in [0.2, 0.25) is 0 Å². The van der Waals surface area contributed by atoms with Gasteiger partial charge in [-0.25, -0.2) is 4.98 Å². The lowest BCUT2D eigenvalue weighted by Gasteiger charge is -1.83. The number of fused-ring (bicyclic) bond motifs is 1. The number of hydrogen-bond donors (Lipinski definition) is 0. The molecule has 0 fully saturated rings. The van der Waals surface area contributed by atoms with Gasteiger partial charge in [0.15, 0.2) is 0 Å². The minimum Gasteiger partial charge on any atom is -0.275 e. The summed E-state index contributed by atoms with van der Waals surface area (Å²) < 4.78 is 3.01. The maximum atomic E-state index is 4.54. The van der Waals surface area contributed by atoms with Gasteiger partial charge in [0.25, 0.3) is 0 Å². The normalized spacial score (nSPS) is 11.6. The monoisotopic (exact) mass is 241 g/mol. The van der Waals surface area contributed by atoms with Crippen LogP contribution in [0.3, 0.4) is 0 Å². The average molecular weight is 241 g/mol. The molecule has 0 radical (unpaired) electrons. The SMILES string of the molecule is Cn1cc(/C=C/c2nc3ccccc3s2)cn1. The van der Waals surface area contributed by atoms with Gasteiger partial charge in [0, 0.05) is 18.8 Å². The number of thiazole rings is 1. The van der Waals surface area contributed by atoms with Crippen molar-refractivity contribution in [1.29, 1.82) is 0 Å². The Morgan fingerprint density at radius 1 is 1.24 bits per heavy atom. The molecule has 0 aliphatic heterocycles. The molecule has 3 rings (SSSR count). The van der Waals surface area contributed by atoms with Crippen molar-refractivity contribution in [2.24, 2.45) is 7.05 Å². The summed E-state index contributed by atoms with van der Waals surface area (Å²) in [5.74, 6) is 0. The van der Waals surface area contributed by atoms with Crippen LogP contribution in [0, 0.1) is 0 Å². The van der Waals surface area contributed by atoms with Crippen molar-refractivity contribution in [3.63, 3.8) is 0 Å². The molecule has 0 aliphatic carbocycles. The highest BCUT2D eigenvalue weighted by Gasteiger charge is 1.99. The van der Waals surface area contributed by atoms with E-state index < -0.39 is 0 Å². The Labute approximate surface area is 103 Å². The third-order valence-electron chi connectivity index (χ3n) is 2.45. The molecule has 3 nitrogen and oxygen atoms in total. The summed E-state index contributed by atoms with van der Waals surface area (Å²) in [5, 5.41) is 5.14. The Morgan fingerprint density at radius 3 is 2.88 bits per heavy atom. The van der Waals surface area contributed by atoms with E-state index in [0.717, 1.165) is 16.1 Å². The van der Waals surface area contributed by atoms with Crippen LogP contribution in [0.1, 0.15) is 10.6 Å². The summed E-state index contributed by atoms with van der Waals surface area (Å²) in [7, 11) is 1.91. The second-order valence-electron chi connectivity index (χ2n) is 3.80. The van der Waals surface area contributed by atoms with Crippen LogP contribution in [0.25, 0.3) is 22.4 Å². The van der Waals surface area contributed by atoms with Crippen LogP contribution in [-0.4, -0.2) is 14.8 Å². The molecule has 0 saturated heterocycles. The first-order chi connectivity index (χ1) is 8.31. The van der Waals surface area contributed by atoms with Crippen LogP contribution < -0.4 is 0 Å². The number of rotatable bonds is 2. The van der Waals surface area contributed by atoms with E-state index in [0.29, 0.717) is 0 Å². The van der Waals surface area contributed by atoms with E-state index in [2.05, 4.69) is 16.1 Å². The van der Waals surface area contributed by atoms with Crippen molar-refractivity contribution in [3.05, 3.63) is 47.2 Å². The van der Waals surface area contributed by atoms with E-state index in [-0.39, 0.29) is 0 Å². The van der Waals surface area contributed by atoms with Crippen LogP contribution in [0.4, 0.5) is 0 Å². The van der Waals surface area contributed by atoms with Gasteiger partial charge < -0.3 is 0 Å². The minimum absolute atomic E-state index is 1.02. The lowest BCUT2D eigenvalue weighted by atomic mass is 10.3. The standard InChI is InChI=1S/C13H11N3S/c1-16-9-10(8-14-16)6-7-13-15-11-4-2-3-5-12(11)17-13/h2-9H,1H3/b7-6+. The molecule has 0 saturated carbocycles. The molecule has 0 aliphatic rings. The van der Waals surface area contributed by atoms with E-state index in [1.54, 1.807) is 16.0 Å². The summed E-state index contributed by atoms with van der Waals surface area (Å²) in [6.07, 6.45) is 7.88. The Bertz CT molecular complexity index is 646. The summed E-state index contributed by atoms with van der Waals surface area (Å²) in [5.41, 5.74) is 2.15. The molecule has 2 heterocycles. The maximum absolute atomic E-state index is 4.54. The first kappa shape index (κ1) is 10.2. The zero-order valence-corrected chi connectivity index (χ0v) is 10.2. The lowest BCUT2D eigenvalue weighted by molar-refractivity contribution is 0.767. The van der Waals surface area contributed by atoms with Crippen LogP contribution in [-0.2, 0) is 7.05 Å². The fraction of sp³-hybridized carbons (Fsp3) is 0.0769. The van der Waals surface area contributed by atoms with Crippen molar-refractivity contribution >= 4 is 33.7 Å². The molecule has 84 valence electrons. The van der Waals surface area contributed by atoms with Gasteiger partial charge in [-0.1, -0.05) is 12.1 Å². The van der Waals surface area contributed by atoms with Gasteiger partial charge in [-0.2, -0.15) is 5.10 Å². The van der Waals surface area contributed by atoms with Crippen molar-refractivity contribution in [2.45, 2.75) is 0 Å². The largest absolute Gasteiger partial charge is 0.275 e. The molecular formula is C13H11N3S. The number of benzene rings is 1. The number of nitrogens with zero attached hydrogens (tertiary/aromatic N) is 3. The number of para-hydroxylation sites is 1. The summed E-state index contributed by atoms with van der Waals surface area (Å²) in [4.78, 5) is 4.54. The quantitative estimate of drug-likeness (QED) is 0.689. The van der Waals surface area contributed by atoms with Crippen LogP contribution in [0.15, 0.2) is 36.7 Å². The molecule has 2 aromatic heterocycles. The molecule has 17 heavy (non-hydrogen) atoms. The van der Waals surface area contributed by atoms with Gasteiger partial charge in [0.05, 0.1) is 16.4 Å². The highest BCUT2D eigenvalue weighted by atomic mass is 32.1. The topological polar surface area (TPSA) is 30.7 Å². The van der Waals surface area contributed by atoms with Crippen molar-refractivity contribution < 1.29 is 0 Å². The van der Waals surface area contributed by atoms with Gasteiger partial charge in [0.1, 0.15) is 5.01 Å². The predicted molar refractivity (Wildman–Crippen MR) is 71.8 cm³/mol. The molecule has 3 aromatic rings. The average Bonchev–Trinajstić information content (AvgIpc) is 2.91. The van der Waals surface area contributed by atoms with E-state index in [1.807, 2.05) is 49.8 Å². The Kier molecular flexibility index (Phi) is 2.49. The molecule has 0 N–H and O–H groups in total. The van der Waals surface area contributed by atoms with E-state index >= 15 is 0 Å². The molecule has 0 spiro atoms. The second kappa shape index (κ2) is 4.14. The van der Waals surface area contributed by atoms with Gasteiger partial charge >= 0.3 is 0 Å². The summed E-state index contributed by atoms with van der Waals surface area (Å²) in [6.45, 7) is 0. The van der Waals surface area contributed by atoms with Gasteiger partial charge in [-0.15, -0.1) is 11.3 Å². The lowest BCUT2D eigenvalue weighted by Crippen LogP contribution is -1.83. The molecule has 0 unspecified atom stereocenters. The van der Waals surface area contributed by atoms with Crippen molar-refractivity contribution in [2.75, 3.05) is 0 Å². The third kappa shape index (κ3) is 2.12. The summed E-state index contributed by atoms with van der Waals surface area (Å²) in [6, 6.07) is 8.17. The van der Waals surface area contributed by atoms with E-state index in [4.69, 9.17) is 0 Å². The summed E-state index contributed by atoms with van der Waals surface area (Å²) >= 11 is 1.70. The van der Waals surface area contributed by atoms with E-state index in [9.17, 15) is 0 Å². The maximum Gasteiger partial charge on any atom is 0.117 e. The molecule has 0 atom stereocenters. The number of aromatic nitrogens is 3. The Morgan fingerprint density at radius 2 is 2.12 bits per heavy atom. The Hall–Kier alpha value is -1.94. The molecular weight excluding hydrogens is 230 g/mol. The smallest absolute Gasteiger partial charge is 0.117 e. The fourth-order valence-electron chi connectivity index (χ4n) is 1.66. The molecule has 4 heteroatoms. The molecule has 0 amide bonds. The van der Waals surface area contributed by atoms with Gasteiger partial charge in [-0.3, -0.25) is 4.68 Å². The number of aryl methyl sites for hydroxylation is 1. The third-order valence-corrected chi connectivity index (χ3v) is 3.46. The molecule has 1 aromatic carbocycles. The van der Waals surface area contributed by atoms with Crippen LogP contribution in [0.5, 0.6) is 0 Å². The van der Waals surface area contributed by atoms with E-state index in [1.165, 1.54) is 4.70 Å². The van der Waals surface area contributed by atoms with Gasteiger partial charge in [-0.05, 0) is 24.3 Å². The highest BCUT2D eigenvalue weighted by Crippen LogP contribution is 2.22. The minimum atomic E-state index is 1.02. The fourth-order valence-corrected chi connectivity index (χ4v) is 2.53. The highest BCUT2D eigenvalue weighted by molar-refractivity contribution is 7.19. The zero-order chi connectivity index (χ0) is 11.7. The van der Waals surface area contributed by atoms with Crippen LogP contribution >= 0.6 is 11.3 Å².